The fraction of sp³-hybridized carbons (Fsp3) is 0.357. The van der Waals surface area contributed by atoms with Crippen LogP contribution < -0.4 is 11.1 Å². The summed E-state index contributed by atoms with van der Waals surface area (Å²) >= 11 is 0. The second-order valence-corrected chi connectivity index (χ2v) is 4.46. The van der Waals surface area contributed by atoms with Gasteiger partial charge < -0.3 is 15.6 Å². The third kappa shape index (κ3) is 5.29. The maximum Gasteiger partial charge on any atom is 0.224 e. The van der Waals surface area contributed by atoms with Crippen LogP contribution in [0.25, 0.3) is 11.4 Å². The molecule has 0 saturated heterocycles. The quantitative estimate of drug-likeness (QED) is 0.841. The van der Waals surface area contributed by atoms with Gasteiger partial charge >= 0.3 is 0 Å². The second-order valence-electron chi connectivity index (χ2n) is 4.46. The van der Waals surface area contributed by atoms with Crippen molar-refractivity contribution in [2.75, 3.05) is 11.9 Å². The standard InChI is InChI=1S/C14H19N5O.2ClH/c1-2-19-10-16-18-14(19)11-5-3-6-12(9-11)17-13(20)7-4-8-15;;/h3,5-6,9-10H,2,4,7-8,15H2,1H3,(H,17,20);2*1H. The zero-order chi connectivity index (χ0) is 14.4. The number of nitrogens with one attached hydrogen (secondary N) is 1. The molecule has 0 unspecified atom stereocenters. The monoisotopic (exact) mass is 345 g/mol. The van der Waals surface area contributed by atoms with Gasteiger partial charge in [0.2, 0.25) is 5.91 Å². The maximum atomic E-state index is 11.7. The summed E-state index contributed by atoms with van der Waals surface area (Å²) in [4.78, 5) is 11.7. The first-order chi connectivity index (χ1) is 9.74. The molecule has 8 heteroatoms. The Hall–Kier alpha value is -1.63. The van der Waals surface area contributed by atoms with Crippen molar-refractivity contribution in [3.8, 4) is 11.4 Å². The van der Waals surface area contributed by atoms with Gasteiger partial charge in [-0.3, -0.25) is 4.79 Å². The summed E-state index contributed by atoms with van der Waals surface area (Å²) < 4.78 is 1.95. The minimum atomic E-state index is -0.0236. The van der Waals surface area contributed by atoms with E-state index >= 15 is 0 Å². The largest absolute Gasteiger partial charge is 0.330 e. The number of rotatable bonds is 6. The van der Waals surface area contributed by atoms with Gasteiger partial charge in [-0.1, -0.05) is 12.1 Å². The number of nitrogens with two attached hydrogens (primary N) is 1. The lowest BCUT2D eigenvalue weighted by atomic mass is 10.2. The average molecular weight is 346 g/mol. The van der Waals surface area contributed by atoms with Crippen LogP contribution in [0.1, 0.15) is 19.8 Å². The molecule has 0 saturated carbocycles. The Balaban J connectivity index is 0.00000220. The van der Waals surface area contributed by atoms with E-state index in [1.165, 1.54) is 0 Å². The Kier molecular flexibility index (Phi) is 9.40. The SMILES string of the molecule is CCn1cnnc1-c1cccc(NC(=O)CCCN)c1.Cl.Cl. The minimum Gasteiger partial charge on any atom is -0.330 e. The molecule has 0 fully saturated rings. The Morgan fingerprint density at radius 3 is 2.82 bits per heavy atom. The van der Waals surface area contributed by atoms with Crippen LogP contribution >= 0.6 is 24.8 Å². The van der Waals surface area contributed by atoms with Crippen LogP contribution in [-0.4, -0.2) is 27.2 Å². The van der Waals surface area contributed by atoms with Crippen molar-refractivity contribution in [2.45, 2.75) is 26.3 Å². The Morgan fingerprint density at radius 2 is 2.14 bits per heavy atom. The van der Waals surface area contributed by atoms with E-state index in [0.717, 1.165) is 23.6 Å². The summed E-state index contributed by atoms with van der Waals surface area (Å²) in [5, 5.41) is 10.9. The Labute approximate surface area is 142 Å². The van der Waals surface area contributed by atoms with Crippen molar-refractivity contribution in [1.82, 2.24) is 14.8 Å². The summed E-state index contributed by atoms with van der Waals surface area (Å²) in [6.45, 7) is 3.35. The van der Waals surface area contributed by atoms with Crippen LogP contribution in [0.4, 0.5) is 5.69 Å². The second kappa shape index (κ2) is 10.2. The van der Waals surface area contributed by atoms with E-state index in [4.69, 9.17) is 5.73 Å². The smallest absolute Gasteiger partial charge is 0.224 e. The Bertz CT molecular complexity index is 588. The highest BCUT2D eigenvalue weighted by molar-refractivity contribution is 5.91. The van der Waals surface area contributed by atoms with E-state index in [-0.39, 0.29) is 30.7 Å². The van der Waals surface area contributed by atoms with Gasteiger partial charge in [0, 0.05) is 24.2 Å². The predicted octanol–water partition coefficient (Wildman–Crippen LogP) is 2.49. The van der Waals surface area contributed by atoms with Crippen LogP contribution in [0.5, 0.6) is 0 Å². The predicted molar refractivity (Wildman–Crippen MR) is 92.5 cm³/mol. The fourth-order valence-electron chi connectivity index (χ4n) is 1.93. The first-order valence-electron chi connectivity index (χ1n) is 6.72. The van der Waals surface area contributed by atoms with Crippen LogP contribution in [0, 0.1) is 0 Å². The van der Waals surface area contributed by atoms with Gasteiger partial charge in [0.1, 0.15) is 6.33 Å². The van der Waals surface area contributed by atoms with Crippen molar-refractivity contribution in [3.05, 3.63) is 30.6 Å². The molecule has 1 heterocycles. The van der Waals surface area contributed by atoms with Crippen LogP contribution in [0.2, 0.25) is 0 Å². The van der Waals surface area contributed by atoms with E-state index in [2.05, 4.69) is 15.5 Å². The number of carbonyl (C=O) groups is 1. The van der Waals surface area contributed by atoms with E-state index in [1.807, 2.05) is 35.8 Å². The summed E-state index contributed by atoms with van der Waals surface area (Å²) in [5.74, 6) is 0.773. The zero-order valence-electron chi connectivity index (χ0n) is 12.4. The van der Waals surface area contributed by atoms with Gasteiger partial charge in [0.05, 0.1) is 0 Å². The summed E-state index contributed by atoms with van der Waals surface area (Å²) in [7, 11) is 0. The topological polar surface area (TPSA) is 85.8 Å². The molecule has 0 aliphatic heterocycles. The van der Waals surface area contributed by atoms with Crippen molar-refractivity contribution < 1.29 is 4.79 Å². The fourth-order valence-corrected chi connectivity index (χ4v) is 1.93. The Morgan fingerprint density at radius 1 is 1.36 bits per heavy atom. The number of amides is 1. The number of hydrogen-bond acceptors (Lipinski definition) is 4. The van der Waals surface area contributed by atoms with Gasteiger partial charge in [-0.25, -0.2) is 0 Å². The molecule has 1 amide bonds. The zero-order valence-corrected chi connectivity index (χ0v) is 14.0. The number of halogens is 2. The number of benzene rings is 1. The number of nitrogens with zero attached hydrogens (tertiary/aromatic N) is 3. The lowest BCUT2D eigenvalue weighted by Crippen LogP contribution is -2.13. The minimum absolute atomic E-state index is 0. The van der Waals surface area contributed by atoms with Gasteiger partial charge in [0.15, 0.2) is 5.82 Å². The molecule has 1 aromatic carbocycles. The molecule has 0 spiro atoms. The molecular weight excluding hydrogens is 325 g/mol. The molecule has 2 rings (SSSR count). The van der Waals surface area contributed by atoms with Crippen LogP contribution in [0.15, 0.2) is 30.6 Å². The summed E-state index contributed by atoms with van der Waals surface area (Å²) in [5.41, 5.74) is 7.08. The van der Waals surface area contributed by atoms with E-state index in [0.29, 0.717) is 19.4 Å². The summed E-state index contributed by atoms with van der Waals surface area (Å²) in [6, 6.07) is 7.60. The number of carbonyl (C=O) groups excluding carboxylic acids is 1. The molecule has 122 valence electrons. The first kappa shape index (κ1) is 20.4. The first-order valence-corrected chi connectivity index (χ1v) is 6.72. The molecule has 3 N–H and O–H groups in total. The van der Waals surface area contributed by atoms with Crippen molar-refractivity contribution in [3.63, 3.8) is 0 Å². The van der Waals surface area contributed by atoms with E-state index in [1.54, 1.807) is 6.33 Å². The lowest BCUT2D eigenvalue weighted by molar-refractivity contribution is -0.116. The molecule has 0 aliphatic rings. The van der Waals surface area contributed by atoms with Crippen molar-refractivity contribution in [2.24, 2.45) is 5.73 Å². The number of aromatic nitrogens is 3. The highest BCUT2D eigenvalue weighted by atomic mass is 35.5. The molecule has 0 radical (unpaired) electrons. The molecule has 6 nitrogen and oxygen atoms in total. The highest BCUT2D eigenvalue weighted by Gasteiger charge is 2.08. The van der Waals surface area contributed by atoms with E-state index in [9.17, 15) is 4.79 Å². The highest BCUT2D eigenvalue weighted by Crippen LogP contribution is 2.20. The number of hydrogen-bond donors (Lipinski definition) is 2. The van der Waals surface area contributed by atoms with E-state index < -0.39 is 0 Å². The average Bonchev–Trinajstić information content (AvgIpc) is 2.94. The van der Waals surface area contributed by atoms with Crippen molar-refractivity contribution in [1.29, 1.82) is 0 Å². The maximum absolute atomic E-state index is 11.7. The molecule has 1 aromatic heterocycles. The molecular formula is C14H21Cl2N5O. The molecule has 0 atom stereocenters. The molecule has 2 aromatic rings. The molecule has 0 aliphatic carbocycles. The summed E-state index contributed by atoms with van der Waals surface area (Å²) in [6.07, 6.45) is 2.82. The van der Waals surface area contributed by atoms with Crippen LogP contribution in [-0.2, 0) is 11.3 Å². The van der Waals surface area contributed by atoms with Gasteiger partial charge in [-0.2, -0.15) is 0 Å². The molecule has 22 heavy (non-hydrogen) atoms. The van der Waals surface area contributed by atoms with Crippen LogP contribution in [0.3, 0.4) is 0 Å². The normalized spacial score (nSPS) is 9.55. The molecule has 0 bridgehead atoms. The third-order valence-corrected chi connectivity index (χ3v) is 2.97. The lowest BCUT2D eigenvalue weighted by Gasteiger charge is -2.07. The van der Waals surface area contributed by atoms with Gasteiger partial charge in [-0.05, 0) is 32.0 Å². The number of anilines is 1. The third-order valence-electron chi connectivity index (χ3n) is 2.97. The van der Waals surface area contributed by atoms with Gasteiger partial charge in [0.25, 0.3) is 0 Å². The number of aryl methyl sites for hydroxylation is 1. The van der Waals surface area contributed by atoms with Crippen molar-refractivity contribution >= 4 is 36.4 Å². The van der Waals surface area contributed by atoms with Gasteiger partial charge in [-0.15, -0.1) is 35.0 Å².